The molecular formula is C26H31F3N4O2. The molecule has 0 spiro atoms. The van der Waals surface area contributed by atoms with Crippen molar-refractivity contribution in [2.45, 2.75) is 25.4 Å². The Morgan fingerprint density at radius 1 is 1.03 bits per heavy atom. The molecule has 1 aliphatic heterocycles. The van der Waals surface area contributed by atoms with Crippen molar-refractivity contribution in [2.24, 2.45) is 5.92 Å². The number of anilines is 2. The van der Waals surface area contributed by atoms with Gasteiger partial charge < -0.3 is 15.1 Å². The number of hydrogen-bond donors (Lipinski definition) is 1. The molecule has 2 amide bonds. The van der Waals surface area contributed by atoms with Crippen molar-refractivity contribution in [1.29, 1.82) is 0 Å². The molecule has 0 radical (unpaired) electrons. The summed E-state index contributed by atoms with van der Waals surface area (Å²) in [5.74, 6) is -0.0786. The number of carbonyl (C=O) groups excluding carboxylic acids is 2. The quantitative estimate of drug-likeness (QED) is 0.571. The normalized spacial score (nSPS) is 16.7. The van der Waals surface area contributed by atoms with Crippen molar-refractivity contribution in [1.82, 2.24) is 10.2 Å². The molecule has 1 heterocycles. The van der Waals surface area contributed by atoms with Gasteiger partial charge >= 0.3 is 6.18 Å². The minimum absolute atomic E-state index is 0.0505. The molecule has 1 aliphatic carbocycles. The summed E-state index contributed by atoms with van der Waals surface area (Å²) in [4.78, 5) is 31.0. The molecule has 2 aromatic carbocycles. The number of nitrogens with one attached hydrogen (secondary N) is 1. The molecule has 2 fully saturated rings. The molecule has 1 N–H and O–H groups in total. The third-order valence-electron chi connectivity index (χ3n) is 6.61. The Hall–Kier alpha value is -3.07. The summed E-state index contributed by atoms with van der Waals surface area (Å²) < 4.78 is 39.0. The van der Waals surface area contributed by atoms with E-state index in [4.69, 9.17) is 0 Å². The van der Waals surface area contributed by atoms with Crippen LogP contribution in [0.1, 0.15) is 35.2 Å². The lowest BCUT2D eigenvalue weighted by Gasteiger charge is -2.36. The van der Waals surface area contributed by atoms with Gasteiger partial charge in [-0.15, -0.1) is 0 Å². The Kier molecular flexibility index (Phi) is 7.64. The fourth-order valence-corrected chi connectivity index (χ4v) is 4.39. The summed E-state index contributed by atoms with van der Waals surface area (Å²) in [7, 11) is 1.71. The smallest absolute Gasteiger partial charge is 0.369 e. The predicted molar refractivity (Wildman–Crippen MR) is 130 cm³/mol. The second-order valence-corrected chi connectivity index (χ2v) is 9.17. The van der Waals surface area contributed by atoms with E-state index < -0.39 is 11.7 Å². The summed E-state index contributed by atoms with van der Waals surface area (Å²) in [6, 6.07) is 12.6. The Balaban J connectivity index is 1.22. The van der Waals surface area contributed by atoms with Crippen molar-refractivity contribution in [3.05, 3.63) is 59.7 Å². The maximum absolute atomic E-state index is 13.0. The Bertz CT molecular complexity index is 1050. The molecule has 0 bridgehead atoms. The van der Waals surface area contributed by atoms with E-state index in [-0.39, 0.29) is 17.7 Å². The van der Waals surface area contributed by atoms with Gasteiger partial charge in [0.05, 0.1) is 16.8 Å². The van der Waals surface area contributed by atoms with Gasteiger partial charge in [0.1, 0.15) is 0 Å². The molecular weight excluding hydrogens is 457 g/mol. The number of halogens is 3. The zero-order valence-electron chi connectivity index (χ0n) is 19.9. The molecule has 9 heteroatoms. The number of piperazine rings is 1. The molecule has 2 aliphatic rings. The number of nitrogens with zero attached hydrogens (tertiary/aromatic N) is 3. The van der Waals surface area contributed by atoms with Crippen LogP contribution >= 0.6 is 0 Å². The van der Waals surface area contributed by atoms with Crippen LogP contribution < -0.4 is 15.1 Å². The number of rotatable bonds is 8. The third-order valence-corrected chi connectivity index (χ3v) is 6.61. The van der Waals surface area contributed by atoms with Crippen molar-refractivity contribution in [3.63, 3.8) is 0 Å². The van der Waals surface area contributed by atoms with Crippen LogP contribution in [-0.2, 0) is 11.0 Å². The van der Waals surface area contributed by atoms with Gasteiger partial charge in [-0.3, -0.25) is 14.5 Å². The monoisotopic (exact) mass is 488 g/mol. The van der Waals surface area contributed by atoms with Gasteiger partial charge in [-0.25, -0.2) is 0 Å². The topological polar surface area (TPSA) is 55.9 Å². The van der Waals surface area contributed by atoms with Crippen molar-refractivity contribution >= 4 is 23.2 Å². The highest BCUT2D eigenvalue weighted by Gasteiger charge is 2.33. The highest BCUT2D eigenvalue weighted by molar-refractivity contribution is 6.05. The minimum Gasteiger partial charge on any atom is -0.369 e. The van der Waals surface area contributed by atoms with Crippen molar-refractivity contribution in [3.8, 4) is 0 Å². The number of carbonyl (C=O) groups is 2. The minimum atomic E-state index is -4.34. The first-order valence-electron chi connectivity index (χ1n) is 12.0. The van der Waals surface area contributed by atoms with Crippen LogP contribution in [0.25, 0.3) is 0 Å². The molecule has 2 aromatic rings. The number of hydrogen-bond acceptors (Lipinski definition) is 4. The van der Waals surface area contributed by atoms with Crippen LogP contribution in [-0.4, -0.2) is 63.0 Å². The van der Waals surface area contributed by atoms with E-state index in [9.17, 15) is 22.8 Å². The Morgan fingerprint density at radius 2 is 1.74 bits per heavy atom. The summed E-state index contributed by atoms with van der Waals surface area (Å²) in [5.41, 5.74) is 1.07. The molecule has 1 saturated heterocycles. The largest absolute Gasteiger partial charge is 0.416 e. The lowest BCUT2D eigenvalue weighted by Crippen LogP contribution is -2.47. The van der Waals surface area contributed by atoms with E-state index in [1.54, 1.807) is 36.2 Å². The van der Waals surface area contributed by atoms with Gasteiger partial charge in [-0.05, 0) is 56.1 Å². The van der Waals surface area contributed by atoms with Crippen molar-refractivity contribution < 1.29 is 22.8 Å². The summed E-state index contributed by atoms with van der Waals surface area (Å²) in [6.45, 7) is 4.10. The molecule has 0 unspecified atom stereocenters. The average Bonchev–Trinajstić information content (AvgIpc) is 3.71. The molecule has 188 valence electrons. The van der Waals surface area contributed by atoms with E-state index in [2.05, 4.69) is 10.2 Å². The van der Waals surface area contributed by atoms with Gasteiger partial charge in [-0.1, -0.05) is 18.2 Å². The Labute approximate surface area is 203 Å². The lowest BCUT2D eigenvalue weighted by atomic mass is 10.1. The van der Waals surface area contributed by atoms with E-state index in [1.807, 2.05) is 11.0 Å². The second kappa shape index (κ2) is 10.7. The molecule has 6 nitrogen and oxygen atoms in total. The maximum Gasteiger partial charge on any atom is 0.416 e. The second-order valence-electron chi connectivity index (χ2n) is 9.17. The average molecular weight is 489 g/mol. The van der Waals surface area contributed by atoms with E-state index in [0.717, 1.165) is 45.0 Å². The number of alkyl halides is 3. The molecule has 0 aromatic heterocycles. The Morgan fingerprint density at radius 3 is 2.43 bits per heavy atom. The maximum atomic E-state index is 13.0. The van der Waals surface area contributed by atoms with E-state index >= 15 is 0 Å². The molecule has 4 rings (SSSR count). The van der Waals surface area contributed by atoms with Crippen LogP contribution in [0.3, 0.4) is 0 Å². The van der Waals surface area contributed by atoms with Crippen LogP contribution in [0.2, 0.25) is 0 Å². The highest BCUT2D eigenvalue weighted by atomic mass is 19.4. The standard InChI is InChI=1S/C26H31F3N4O2/c1-31(25(35)19-10-11-19)23-9-3-2-8-22(23)24(34)30-12-5-13-32-14-16-33(17-15-32)21-7-4-6-20(18-21)26(27,28)29/h2-4,6-9,18-19H,5,10-17H2,1H3,(H,30,34). The lowest BCUT2D eigenvalue weighted by molar-refractivity contribution is -0.137. The SMILES string of the molecule is CN(C(=O)C1CC1)c1ccccc1C(=O)NCCCN1CCN(c2cccc(C(F)(F)F)c2)CC1. The first-order valence-corrected chi connectivity index (χ1v) is 12.0. The summed E-state index contributed by atoms with van der Waals surface area (Å²) >= 11 is 0. The fraction of sp³-hybridized carbons (Fsp3) is 0.462. The van der Waals surface area contributed by atoms with Gasteiger partial charge in [0.15, 0.2) is 0 Å². The zero-order valence-corrected chi connectivity index (χ0v) is 19.9. The molecule has 0 atom stereocenters. The highest BCUT2D eigenvalue weighted by Crippen LogP contribution is 2.33. The molecule has 35 heavy (non-hydrogen) atoms. The van der Waals surface area contributed by atoms with Gasteiger partial charge in [0, 0.05) is 51.4 Å². The first kappa shape index (κ1) is 25.0. The van der Waals surface area contributed by atoms with E-state index in [0.29, 0.717) is 36.6 Å². The summed E-state index contributed by atoms with van der Waals surface area (Å²) in [6.07, 6.45) is -1.77. The number of para-hydroxylation sites is 1. The van der Waals surface area contributed by atoms with Gasteiger partial charge in [-0.2, -0.15) is 13.2 Å². The molecule has 1 saturated carbocycles. The van der Waals surface area contributed by atoms with E-state index in [1.165, 1.54) is 12.1 Å². The number of benzene rings is 2. The van der Waals surface area contributed by atoms with Crippen LogP contribution in [0.5, 0.6) is 0 Å². The van der Waals surface area contributed by atoms with Crippen molar-refractivity contribution in [2.75, 3.05) is 56.1 Å². The first-order chi connectivity index (χ1) is 16.7. The fourth-order valence-electron chi connectivity index (χ4n) is 4.39. The van der Waals surface area contributed by atoms with Crippen LogP contribution in [0.4, 0.5) is 24.5 Å². The van der Waals surface area contributed by atoms with Crippen LogP contribution in [0, 0.1) is 5.92 Å². The predicted octanol–water partition coefficient (Wildman–Crippen LogP) is 4.02. The summed E-state index contributed by atoms with van der Waals surface area (Å²) in [5, 5.41) is 2.95. The van der Waals surface area contributed by atoms with Gasteiger partial charge in [0.25, 0.3) is 5.91 Å². The van der Waals surface area contributed by atoms with Gasteiger partial charge in [0.2, 0.25) is 5.91 Å². The van der Waals surface area contributed by atoms with Crippen LogP contribution in [0.15, 0.2) is 48.5 Å². The number of amides is 2. The zero-order chi connectivity index (χ0) is 25.0. The third kappa shape index (κ3) is 6.33.